The lowest BCUT2D eigenvalue weighted by Crippen LogP contribution is -2.12. The lowest BCUT2D eigenvalue weighted by atomic mass is 10.1. The topological polar surface area (TPSA) is 87.5 Å². The predicted octanol–water partition coefficient (Wildman–Crippen LogP) is 4.07. The van der Waals surface area contributed by atoms with Crippen LogP contribution in [0.15, 0.2) is 54.6 Å². The molecule has 0 aliphatic carbocycles. The third-order valence-corrected chi connectivity index (χ3v) is 5.28. The molecule has 0 radical (unpaired) electrons. The summed E-state index contributed by atoms with van der Waals surface area (Å²) in [7, 11) is 4.58. The molecular weight excluding hydrogens is 408 g/mol. The highest BCUT2D eigenvalue weighted by molar-refractivity contribution is 6.06. The molecule has 1 heterocycles. The Hall–Kier alpha value is -4.07. The molecule has 1 amide bonds. The average Bonchev–Trinajstić information content (AvgIpc) is 3.21. The molecule has 0 aliphatic rings. The highest BCUT2D eigenvalue weighted by atomic mass is 16.5. The number of nitrogens with zero attached hydrogens (tertiary/aromatic N) is 3. The van der Waals surface area contributed by atoms with Gasteiger partial charge in [0.25, 0.3) is 5.91 Å². The van der Waals surface area contributed by atoms with E-state index in [0.29, 0.717) is 40.6 Å². The van der Waals surface area contributed by atoms with Gasteiger partial charge in [0.1, 0.15) is 5.52 Å². The van der Waals surface area contributed by atoms with Gasteiger partial charge in [-0.2, -0.15) is 0 Å². The van der Waals surface area contributed by atoms with E-state index in [1.165, 1.54) is 32.5 Å². The van der Waals surface area contributed by atoms with Crippen LogP contribution >= 0.6 is 0 Å². The molecule has 0 atom stereocenters. The molecule has 0 aliphatic heterocycles. The number of amides is 1. The van der Waals surface area contributed by atoms with Crippen molar-refractivity contribution in [3.05, 3.63) is 71.3 Å². The number of carbonyl (C=O) groups excluding carboxylic acids is 1. The Bertz CT molecular complexity index is 1260. The first-order valence-corrected chi connectivity index (χ1v) is 10.0. The number of nitrogens with one attached hydrogen (secondary N) is 1. The molecule has 4 rings (SSSR count). The maximum Gasteiger partial charge on any atom is 0.255 e. The smallest absolute Gasteiger partial charge is 0.255 e. The largest absolute Gasteiger partial charge is 0.493 e. The number of aromatic nitrogens is 3. The first-order chi connectivity index (χ1) is 15.5. The van der Waals surface area contributed by atoms with Crippen LogP contribution in [0.3, 0.4) is 0 Å². The summed E-state index contributed by atoms with van der Waals surface area (Å²) in [6, 6.07) is 16.9. The van der Waals surface area contributed by atoms with Gasteiger partial charge in [-0.15, -0.1) is 5.10 Å². The first kappa shape index (κ1) is 21.2. The zero-order valence-electron chi connectivity index (χ0n) is 18.4. The number of hydrogen-bond donors (Lipinski definition) is 1. The van der Waals surface area contributed by atoms with Crippen molar-refractivity contribution in [2.45, 2.75) is 13.5 Å². The number of benzene rings is 3. The Morgan fingerprint density at radius 2 is 1.69 bits per heavy atom. The van der Waals surface area contributed by atoms with Crippen LogP contribution in [-0.4, -0.2) is 42.2 Å². The van der Waals surface area contributed by atoms with Crippen LogP contribution in [0.25, 0.3) is 11.0 Å². The lowest BCUT2D eigenvalue weighted by Gasteiger charge is -2.14. The fourth-order valence-corrected chi connectivity index (χ4v) is 3.54. The summed E-state index contributed by atoms with van der Waals surface area (Å²) in [5, 5.41) is 11.4. The van der Waals surface area contributed by atoms with Crippen LogP contribution in [-0.2, 0) is 6.54 Å². The van der Waals surface area contributed by atoms with Crippen LogP contribution in [0.1, 0.15) is 21.5 Å². The number of ether oxygens (including phenoxy) is 3. The first-order valence-electron chi connectivity index (χ1n) is 10.0. The number of methoxy groups -OCH3 is 3. The molecule has 0 unspecified atom stereocenters. The Morgan fingerprint density at radius 1 is 0.969 bits per heavy atom. The molecule has 0 bridgehead atoms. The Labute approximate surface area is 185 Å². The average molecular weight is 432 g/mol. The van der Waals surface area contributed by atoms with E-state index in [1.807, 2.05) is 22.9 Å². The predicted molar refractivity (Wildman–Crippen MR) is 122 cm³/mol. The highest BCUT2D eigenvalue weighted by Gasteiger charge is 2.16. The fraction of sp³-hybridized carbons (Fsp3) is 0.208. The molecule has 8 heteroatoms. The van der Waals surface area contributed by atoms with Crippen molar-refractivity contribution in [1.82, 2.24) is 15.0 Å². The van der Waals surface area contributed by atoms with E-state index in [-0.39, 0.29) is 5.91 Å². The van der Waals surface area contributed by atoms with Crippen molar-refractivity contribution in [2.24, 2.45) is 0 Å². The van der Waals surface area contributed by atoms with Crippen molar-refractivity contribution >= 4 is 22.6 Å². The standard InChI is InChI=1S/C24H24N4O4/c1-15-7-5-6-8-17(15)14-28-20-10-9-16(11-19(20)26-27-28)24(29)25-18-12-21(30-2)23(32-4)22(13-18)31-3/h5-13H,14H2,1-4H3,(H,25,29). The molecular formula is C24H24N4O4. The lowest BCUT2D eigenvalue weighted by molar-refractivity contribution is 0.102. The van der Waals surface area contributed by atoms with Gasteiger partial charge in [-0.3, -0.25) is 4.79 Å². The van der Waals surface area contributed by atoms with Crippen LogP contribution in [0.2, 0.25) is 0 Å². The summed E-state index contributed by atoms with van der Waals surface area (Å²) in [5.74, 6) is 1.09. The molecule has 4 aromatic rings. The maximum absolute atomic E-state index is 12.9. The number of carbonyl (C=O) groups is 1. The van der Waals surface area contributed by atoms with Crippen LogP contribution in [0.4, 0.5) is 5.69 Å². The quantitative estimate of drug-likeness (QED) is 0.474. The minimum absolute atomic E-state index is 0.283. The second kappa shape index (κ2) is 8.97. The van der Waals surface area contributed by atoms with Crippen molar-refractivity contribution in [2.75, 3.05) is 26.6 Å². The van der Waals surface area contributed by atoms with E-state index < -0.39 is 0 Å². The summed E-state index contributed by atoms with van der Waals surface area (Å²) in [5.41, 5.74) is 4.86. The summed E-state index contributed by atoms with van der Waals surface area (Å²) in [4.78, 5) is 12.9. The van der Waals surface area contributed by atoms with Crippen molar-refractivity contribution in [1.29, 1.82) is 0 Å². The van der Waals surface area contributed by atoms with E-state index in [4.69, 9.17) is 14.2 Å². The van der Waals surface area contributed by atoms with Gasteiger partial charge >= 0.3 is 0 Å². The van der Waals surface area contributed by atoms with Gasteiger partial charge < -0.3 is 19.5 Å². The third kappa shape index (κ3) is 4.07. The van der Waals surface area contributed by atoms with Crippen LogP contribution in [0.5, 0.6) is 17.2 Å². The second-order valence-corrected chi connectivity index (χ2v) is 7.25. The Morgan fingerprint density at radius 3 is 2.34 bits per heavy atom. The fourth-order valence-electron chi connectivity index (χ4n) is 3.54. The van der Waals surface area contributed by atoms with E-state index >= 15 is 0 Å². The molecule has 164 valence electrons. The third-order valence-electron chi connectivity index (χ3n) is 5.28. The van der Waals surface area contributed by atoms with Gasteiger partial charge in [-0.25, -0.2) is 4.68 Å². The summed E-state index contributed by atoms with van der Waals surface area (Å²) in [6.07, 6.45) is 0. The monoisotopic (exact) mass is 432 g/mol. The van der Waals surface area contributed by atoms with Crippen LogP contribution < -0.4 is 19.5 Å². The maximum atomic E-state index is 12.9. The normalized spacial score (nSPS) is 10.8. The molecule has 0 saturated carbocycles. The molecule has 0 spiro atoms. The van der Waals surface area contributed by atoms with Gasteiger partial charge in [-0.1, -0.05) is 29.5 Å². The second-order valence-electron chi connectivity index (χ2n) is 7.25. The van der Waals surface area contributed by atoms with E-state index in [1.54, 1.807) is 24.3 Å². The number of fused-ring (bicyclic) bond motifs is 1. The number of rotatable bonds is 7. The molecule has 0 fully saturated rings. The summed E-state index contributed by atoms with van der Waals surface area (Å²) >= 11 is 0. The number of anilines is 1. The summed E-state index contributed by atoms with van der Waals surface area (Å²) < 4.78 is 17.8. The van der Waals surface area contributed by atoms with Gasteiger partial charge in [0.05, 0.1) is 33.4 Å². The molecule has 1 N–H and O–H groups in total. The van der Waals surface area contributed by atoms with Crippen molar-refractivity contribution in [3.63, 3.8) is 0 Å². The highest BCUT2D eigenvalue weighted by Crippen LogP contribution is 2.40. The zero-order chi connectivity index (χ0) is 22.7. The summed E-state index contributed by atoms with van der Waals surface area (Å²) in [6.45, 7) is 2.68. The van der Waals surface area contributed by atoms with Gasteiger partial charge in [-0.05, 0) is 36.2 Å². The molecule has 8 nitrogen and oxygen atoms in total. The minimum atomic E-state index is -0.283. The van der Waals surface area contributed by atoms with Gasteiger partial charge in [0.2, 0.25) is 5.75 Å². The van der Waals surface area contributed by atoms with E-state index in [2.05, 4.69) is 34.7 Å². The van der Waals surface area contributed by atoms with Gasteiger partial charge in [0, 0.05) is 23.4 Å². The molecule has 3 aromatic carbocycles. The Kier molecular flexibility index (Phi) is 5.93. The van der Waals surface area contributed by atoms with E-state index in [9.17, 15) is 4.79 Å². The Balaban J connectivity index is 1.58. The SMILES string of the molecule is COc1cc(NC(=O)c2ccc3c(c2)nnn3Cc2ccccc2C)cc(OC)c1OC. The molecule has 1 aromatic heterocycles. The number of aryl methyl sites for hydroxylation is 1. The number of hydrogen-bond acceptors (Lipinski definition) is 6. The van der Waals surface area contributed by atoms with Crippen molar-refractivity contribution < 1.29 is 19.0 Å². The molecule has 32 heavy (non-hydrogen) atoms. The van der Waals surface area contributed by atoms with Crippen LogP contribution in [0, 0.1) is 6.92 Å². The van der Waals surface area contributed by atoms with E-state index in [0.717, 1.165) is 5.52 Å². The van der Waals surface area contributed by atoms with Gasteiger partial charge in [0.15, 0.2) is 11.5 Å². The minimum Gasteiger partial charge on any atom is -0.493 e. The molecule has 0 saturated heterocycles. The zero-order valence-corrected chi connectivity index (χ0v) is 18.4. The van der Waals surface area contributed by atoms with Crippen molar-refractivity contribution in [3.8, 4) is 17.2 Å².